The maximum Gasteiger partial charge on any atom is 0.233 e. The van der Waals surface area contributed by atoms with Gasteiger partial charge in [-0.1, -0.05) is 60.2 Å². The van der Waals surface area contributed by atoms with Crippen LogP contribution in [0.2, 0.25) is 0 Å². The summed E-state index contributed by atoms with van der Waals surface area (Å²) in [5.74, 6) is -0.00353. The molecule has 0 aliphatic rings. The lowest BCUT2D eigenvalue weighted by Crippen LogP contribution is -1.97. The van der Waals surface area contributed by atoms with E-state index < -0.39 is 0 Å². The molecule has 0 aliphatic heterocycles. The van der Waals surface area contributed by atoms with E-state index in [-0.39, 0.29) is 5.88 Å². The molecule has 0 saturated heterocycles. The van der Waals surface area contributed by atoms with Gasteiger partial charge in [-0.2, -0.15) is 0 Å². The lowest BCUT2D eigenvalue weighted by Gasteiger charge is -2.07. The summed E-state index contributed by atoms with van der Waals surface area (Å²) in [6, 6.07) is 18.0. The molecule has 0 amide bonds. The molecule has 3 rings (SSSR count). The standard InChI is InChI=1S/C18H16N2O/c1-13-6-5-7-14(10-13)11-16-18(21)19-12-17(20-16)15-8-3-2-4-9-15/h2-10,12H,11H2,1H3,(H,19,21). The highest BCUT2D eigenvalue weighted by atomic mass is 16.3. The van der Waals surface area contributed by atoms with Gasteiger partial charge in [0.1, 0.15) is 5.69 Å². The molecule has 21 heavy (non-hydrogen) atoms. The van der Waals surface area contributed by atoms with Crippen molar-refractivity contribution in [3.8, 4) is 17.1 Å². The summed E-state index contributed by atoms with van der Waals surface area (Å²) in [7, 11) is 0. The van der Waals surface area contributed by atoms with E-state index in [1.54, 1.807) is 6.20 Å². The lowest BCUT2D eigenvalue weighted by atomic mass is 10.1. The van der Waals surface area contributed by atoms with E-state index in [9.17, 15) is 5.11 Å². The van der Waals surface area contributed by atoms with Gasteiger partial charge in [-0.25, -0.2) is 9.97 Å². The zero-order valence-electron chi connectivity index (χ0n) is 11.8. The number of benzene rings is 2. The maximum absolute atomic E-state index is 9.94. The normalized spacial score (nSPS) is 10.5. The van der Waals surface area contributed by atoms with E-state index in [1.165, 1.54) is 5.56 Å². The van der Waals surface area contributed by atoms with E-state index in [0.717, 1.165) is 16.8 Å². The summed E-state index contributed by atoms with van der Waals surface area (Å²) in [6.45, 7) is 2.05. The van der Waals surface area contributed by atoms with Crippen molar-refractivity contribution in [2.24, 2.45) is 0 Å². The van der Waals surface area contributed by atoms with Gasteiger partial charge in [-0.05, 0) is 12.5 Å². The molecule has 0 aliphatic carbocycles. The first-order valence-electron chi connectivity index (χ1n) is 6.88. The van der Waals surface area contributed by atoms with E-state index >= 15 is 0 Å². The zero-order valence-corrected chi connectivity index (χ0v) is 11.8. The van der Waals surface area contributed by atoms with E-state index in [1.807, 2.05) is 42.5 Å². The number of rotatable bonds is 3. The van der Waals surface area contributed by atoms with Crippen LogP contribution in [0.1, 0.15) is 16.8 Å². The Balaban J connectivity index is 1.95. The third kappa shape index (κ3) is 3.08. The fourth-order valence-corrected chi connectivity index (χ4v) is 2.30. The first kappa shape index (κ1) is 13.3. The number of nitrogens with zero attached hydrogens (tertiary/aromatic N) is 2. The molecule has 1 N–H and O–H groups in total. The molecule has 0 saturated carbocycles. The zero-order chi connectivity index (χ0) is 14.7. The van der Waals surface area contributed by atoms with Crippen molar-refractivity contribution in [3.05, 3.63) is 77.6 Å². The number of hydrogen-bond acceptors (Lipinski definition) is 3. The van der Waals surface area contributed by atoms with Crippen LogP contribution in [0.5, 0.6) is 5.88 Å². The van der Waals surface area contributed by atoms with Gasteiger partial charge >= 0.3 is 0 Å². The van der Waals surface area contributed by atoms with Gasteiger partial charge in [0.05, 0.1) is 11.9 Å². The Bertz CT molecular complexity index is 754. The van der Waals surface area contributed by atoms with Gasteiger partial charge in [-0.15, -0.1) is 0 Å². The van der Waals surface area contributed by atoms with Crippen molar-refractivity contribution in [2.45, 2.75) is 13.3 Å². The smallest absolute Gasteiger partial charge is 0.233 e. The Morgan fingerprint density at radius 2 is 1.81 bits per heavy atom. The van der Waals surface area contributed by atoms with Crippen LogP contribution in [0.4, 0.5) is 0 Å². The van der Waals surface area contributed by atoms with Crippen LogP contribution in [0.15, 0.2) is 60.8 Å². The van der Waals surface area contributed by atoms with Gasteiger partial charge in [0, 0.05) is 12.0 Å². The molecule has 0 atom stereocenters. The van der Waals surface area contributed by atoms with Gasteiger partial charge in [0.15, 0.2) is 0 Å². The molecule has 3 heteroatoms. The van der Waals surface area contributed by atoms with Gasteiger partial charge in [0.25, 0.3) is 0 Å². The molecule has 2 aromatic carbocycles. The highest BCUT2D eigenvalue weighted by molar-refractivity contribution is 5.58. The second-order valence-corrected chi connectivity index (χ2v) is 5.06. The Morgan fingerprint density at radius 1 is 1.00 bits per heavy atom. The van der Waals surface area contributed by atoms with Gasteiger partial charge in [-0.3, -0.25) is 0 Å². The minimum atomic E-state index is -0.00353. The van der Waals surface area contributed by atoms with Crippen LogP contribution in [-0.4, -0.2) is 15.1 Å². The Kier molecular flexibility index (Phi) is 3.65. The third-order valence-corrected chi connectivity index (χ3v) is 3.35. The van der Waals surface area contributed by atoms with Crippen molar-refractivity contribution in [1.82, 2.24) is 9.97 Å². The number of hydrogen-bond donors (Lipinski definition) is 1. The van der Waals surface area contributed by atoms with E-state index in [4.69, 9.17) is 0 Å². The minimum absolute atomic E-state index is 0.00353. The molecular weight excluding hydrogens is 260 g/mol. The highest BCUT2D eigenvalue weighted by Gasteiger charge is 2.09. The molecule has 3 aromatic rings. The molecule has 0 bridgehead atoms. The maximum atomic E-state index is 9.94. The average Bonchev–Trinajstić information content (AvgIpc) is 2.50. The number of aromatic hydroxyl groups is 1. The fourth-order valence-electron chi connectivity index (χ4n) is 2.30. The molecule has 0 fully saturated rings. The molecule has 0 unspecified atom stereocenters. The molecular formula is C18H16N2O. The van der Waals surface area contributed by atoms with Crippen LogP contribution < -0.4 is 0 Å². The monoisotopic (exact) mass is 276 g/mol. The first-order chi connectivity index (χ1) is 10.2. The number of aryl methyl sites for hydroxylation is 1. The van der Waals surface area contributed by atoms with Crippen molar-refractivity contribution >= 4 is 0 Å². The summed E-state index contributed by atoms with van der Waals surface area (Å²) in [5, 5.41) is 9.94. The van der Waals surface area contributed by atoms with Crippen molar-refractivity contribution in [1.29, 1.82) is 0 Å². The largest absolute Gasteiger partial charge is 0.492 e. The predicted molar refractivity (Wildman–Crippen MR) is 83.1 cm³/mol. The van der Waals surface area contributed by atoms with Gasteiger partial charge in [0.2, 0.25) is 5.88 Å². The van der Waals surface area contributed by atoms with E-state index in [0.29, 0.717) is 12.1 Å². The average molecular weight is 276 g/mol. The number of aromatic nitrogens is 2. The Labute approximate surface area is 124 Å². The molecule has 1 heterocycles. The molecule has 104 valence electrons. The van der Waals surface area contributed by atoms with Gasteiger partial charge < -0.3 is 5.11 Å². The Hall–Kier alpha value is -2.68. The van der Waals surface area contributed by atoms with E-state index in [2.05, 4.69) is 29.0 Å². The van der Waals surface area contributed by atoms with Crippen LogP contribution >= 0.6 is 0 Å². The topological polar surface area (TPSA) is 46.0 Å². The first-order valence-corrected chi connectivity index (χ1v) is 6.88. The van der Waals surface area contributed by atoms with Crippen LogP contribution in [-0.2, 0) is 6.42 Å². The SMILES string of the molecule is Cc1cccc(Cc2nc(-c3ccccc3)cnc2O)c1. The molecule has 0 radical (unpaired) electrons. The van der Waals surface area contributed by atoms with Crippen LogP contribution in [0.25, 0.3) is 11.3 Å². The van der Waals surface area contributed by atoms with Crippen molar-refractivity contribution < 1.29 is 5.11 Å². The second kappa shape index (κ2) is 5.75. The summed E-state index contributed by atoms with van der Waals surface area (Å²) in [4.78, 5) is 8.62. The summed E-state index contributed by atoms with van der Waals surface area (Å²) < 4.78 is 0. The fraction of sp³-hybridized carbons (Fsp3) is 0.111. The summed E-state index contributed by atoms with van der Waals surface area (Å²) in [6.07, 6.45) is 2.17. The lowest BCUT2D eigenvalue weighted by molar-refractivity contribution is 0.443. The Morgan fingerprint density at radius 3 is 2.57 bits per heavy atom. The van der Waals surface area contributed by atoms with Crippen molar-refractivity contribution in [2.75, 3.05) is 0 Å². The van der Waals surface area contributed by atoms with Crippen LogP contribution in [0.3, 0.4) is 0 Å². The molecule has 3 nitrogen and oxygen atoms in total. The van der Waals surface area contributed by atoms with Crippen LogP contribution in [0, 0.1) is 6.92 Å². The minimum Gasteiger partial charge on any atom is -0.492 e. The third-order valence-electron chi connectivity index (χ3n) is 3.35. The second-order valence-electron chi connectivity index (χ2n) is 5.06. The van der Waals surface area contributed by atoms with Crippen molar-refractivity contribution in [3.63, 3.8) is 0 Å². The predicted octanol–water partition coefficient (Wildman–Crippen LogP) is 3.75. The molecule has 0 spiro atoms. The highest BCUT2D eigenvalue weighted by Crippen LogP contribution is 2.22. The summed E-state index contributed by atoms with van der Waals surface area (Å²) in [5.41, 5.74) is 4.68. The molecule has 1 aromatic heterocycles. The quantitative estimate of drug-likeness (QED) is 0.792. The summed E-state index contributed by atoms with van der Waals surface area (Å²) >= 11 is 0.